The summed E-state index contributed by atoms with van der Waals surface area (Å²) in [5, 5.41) is 0. The van der Waals surface area contributed by atoms with Crippen molar-refractivity contribution < 1.29 is 147 Å². The van der Waals surface area contributed by atoms with Crippen LogP contribution in [0.25, 0.3) is 0 Å². The third-order valence-corrected chi connectivity index (χ3v) is 13.6. The molecule has 2 N–H and O–H groups in total. The Morgan fingerprint density at radius 2 is 0.253 bits per heavy atom. The first-order valence-corrected chi connectivity index (χ1v) is 37.9. The van der Waals surface area contributed by atoms with Crippen LogP contribution in [-0.2, 0) is 137 Å². The first-order chi connectivity index (χ1) is 49.1. The molecule has 99 heavy (non-hydrogen) atoms. The Morgan fingerprint density at radius 3 is 0.374 bits per heavy atom. The fraction of sp³-hybridized carbons (Fsp3) is 1.00. The van der Waals surface area contributed by atoms with Gasteiger partial charge in [-0.05, 0) is 6.42 Å². The molecule has 32 heteroatoms. The van der Waals surface area contributed by atoms with Crippen LogP contribution < -0.4 is 0 Å². The van der Waals surface area contributed by atoms with E-state index in [2.05, 4.69) is 11.4 Å². The highest BCUT2D eigenvalue weighted by molar-refractivity contribution is 7.46. The molecule has 0 atom stereocenters. The molecule has 0 spiro atoms. The summed E-state index contributed by atoms with van der Waals surface area (Å²) < 4.78 is 164. The highest BCUT2D eigenvalue weighted by atomic mass is 31.2. The Bertz CT molecular complexity index is 1480. The molecule has 0 rings (SSSR count). The van der Waals surface area contributed by atoms with Crippen LogP contribution in [0.5, 0.6) is 0 Å². The number of hydrogen-bond acceptors (Lipinski definition) is 29. The van der Waals surface area contributed by atoms with Gasteiger partial charge in [-0.1, -0.05) is 71.1 Å². The summed E-state index contributed by atoms with van der Waals surface area (Å²) in [6.45, 7) is 27.9. The van der Waals surface area contributed by atoms with Gasteiger partial charge in [0.25, 0.3) is 0 Å². The van der Waals surface area contributed by atoms with Gasteiger partial charge in [0.1, 0.15) is 0 Å². The van der Waals surface area contributed by atoms with Crippen molar-refractivity contribution in [3.8, 4) is 0 Å². The van der Waals surface area contributed by atoms with Crippen molar-refractivity contribution in [3.05, 3.63) is 0 Å². The number of ether oxygens (including phenoxy) is 27. The van der Waals surface area contributed by atoms with Crippen LogP contribution in [0.2, 0.25) is 0 Å². The highest BCUT2D eigenvalue weighted by Crippen LogP contribution is 2.35. The molecule has 0 aromatic carbocycles. The summed E-state index contributed by atoms with van der Waals surface area (Å²) in [5.74, 6) is 0. The second kappa shape index (κ2) is 91.2. The first kappa shape index (κ1) is 98.0. The summed E-state index contributed by atoms with van der Waals surface area (Å²) in [6, 6.07) is 0. The lowest BCUT2D eigenvalue weighted by molar-refractivity contribution is -0.0323. The van der Waals surface area contributed by atoms with E-state index in [1.807, 2.05) is 0 Å². The van der Waals surface area contributed by atoms with Crippen LogP contribution in [0.15, 0.2) is 0 Å². The van der Waals surface area contributed by atoms with Crippen molar-refractivity contribution in [3.63, 3.8) is 0 Å². The van der Waals surface area contributed by atoms with E-state index in [-0.39, 0.29) is 19.8 Å². The molecule has 0 saturated heterocycles. The molecular weight excluding hydrogens is 1330 g/mol. The van der Waals surface area contributed by atoms with Crippen molar-refractivity contribution in [2.75, 3.05) is 363 Å². The first-order valence-electron chi connectivity index (χ1n) is 36.3. The van der Waals surface area contributed by atoms with Gasteiger partial charge in [-0.25, -0.2) is 4.57 Å². The number of unbranched alkanes of at least 4 members (excludes halogenated alkanes) is 10. The number of rotatable bonds is 94. The van der Waals surface area contributed by atoms with E-state index in [1.54, 1.807) is 0 Å². The average molecular weight is 1470 g/mol. The zero-order chi connectivity index (χ0) is 71.0. The van der Waals surface area contributed by atoms with Gasteiger partial charge < -0.3 is 138 Å². The van der Waals surface area contributed by atoms with Crippen LogP contribution >= 0.6 is 7.82 Å². The molecule has 0 aliphatic carbocycles. The maximum atomic E-state index is 10.5. The predicted molar refractivity (Wildman–Crippen MR) is 367 cm³/mol. The topological polar surface area (TPSA) is 316 Å². The van der Waals surface area contributed by atoms with Crippen molar-refractivity contribution in [2.45, 2.75) is 77.6 Å². The van der Waals surface area contributed by atoms with Gasteiger partial charge in [-0.15, -0.1) is 0 Å². The fourth-order valence-electron chi connectivity index (χ4n) is 7.90. The van der Waals surface area contributed by atoms with Gasteiger partial charge in [0, 0.05) is 6.61 Å². The summed E-state index contributed by atoms with van der Waals surface area (Å²) in [5.41, 5.74) is 0. The third-order valence-electron chi connectivity index (χ3n) is 13.1. The molecule has 0 aromatic heterocycles. The fourth-order valence-corrected chi connectivity index (χ4v) is 8.22. The van der Waals surface area contributed by atoms with E-state index in [0.717, 1.165) is 13.0 Å². The Balaban J connectivity index is 3.09. The van der Waals surface area contributed by atoms with Gasteiger partial charge in [-0.2, -0.15) is 0 Å². The molecule has 0 aromatic rings. The minimum atomic E-state index is -4.45. The van der Waals surface area contributed by atoms with Crippen LogP contribution in [0.1, 0.15) is 77.6 Å². The monoisotopic (exact) mass is 1470 g/mol. The Kier molecular flexibility index (Phi) is 90.3. The smallest absolute Gasteiger partial charge is 0.379 e. The lowest BCUT2D eigenvalue weighted by Crippen LogP contribution is -2.16. The zero-order valence-corrected chi connectivity index (χ0v) is 61.7. The van der Waals surface area contributed by atoms with Crippen LogP contribution in [0, 0.1) is 0 Å². The third kappa shape index (κ3) is 97.0. The van der Waals surface area contributed by atoms with Crippen LogP contribution in [-0.4, -0.2) is 373 Å². The van der Waals surface area contributed by atoms with Gasteiger partial charge in [0.15, 0.2) is 0 Å². The van der Waals surface area contributed by atoms with E-state index < -0.39 is 7.82 Å². The molecule has 31 nitrogen and oxygen atoms in total. The molecule has 0 aliphatic rings. The summed E-state index contributed by atoms with van der Waals surface area (Å²) >= 11 is 0. The van der Waals surface area contributed by atoms with E-state index >= 15 is 0 Å². The average Bonchev–Trinajstić information content (AvgIpc) is 3.78. The largest absolute Gasteiger partial charge is 0.469 e. The molecule has 0 amide bonds. The van der Waals surface area contributed by atoms with Gasteiger partial charge in [0.05, 0.1) is 357 Å². The van der Waals surface area contributed by atoms with Crippen LogP contribution in [0.4, 0.5) is 0 Å². The number of phosphoric ester groups is 1. The number of hydrogen-bond donors (Lipinski definition) is 2. The van der Waals surface area contributed by atoms with E-state index in [1.165, 1.54) is 64.2 Å². The van der Waals surface area contributed by atoms with Crippen molar-refractivity contribution in [1.82, 2.24) is 0 Å². The molecule has 0 aliphatic heterocycles. The minimum Gasteiger partial charge on any atom is -0.379 e. The minimum absolute atomic E-state index is 0.0684. The van der Waals surface area contributed by atoms with E-state index in [4.69, 9.17) is 138 Å². The second-order valence-electron chi connectivity index (χ2n) is 21.4. The second-order valence-corrected chi connectivity index (χ2v) is 22.6. The Morgan fingerprint density at radius 1 is 0.152 bits per heavy atom. The molecule has 0 radical (unpaired) electrons. The summed E-state index contributed by atoms with van der Waals surface area (Å²) in [7, 11) is -4.45. The maximum Gasteiger partial charge on any atom is 0.469 e. The lowest BCUT2D eigenvalue weighted by Gasteiger charge is -2.09. The lowest BCUT2D eigenvalue weighted by atomic mass is 10.1. The van der Waals surface area contributed by atoms with E-state index in [0.29, 0.717) is 337 Å². The Labute approximate surface area is 593 Å². The highest BCUT2D eigenvalue weighted by Gasteiger charge is 2.12. The molecule has 596 valence electrons. The molecule has 0 unspecified atom stereocenters. The van der Waals surface area contributed by atoms with Crippen molar-refractivity contribution >= 4 is 7.82 Å². The van der Waals surface area contributed by atoms with Gasteiger partial charge in [0.2, 0.25) is 0 Å². The van der Waals surface area contributed by atoms with E-state index in [9.17, 15) is 4.57 Å². The number of phosphoric acid groups is 1. The molecule has 0 saturated carbocycles. The van der Waals surface area contributed by atoms with Gasteiger partial charge in [-0.3, -0.25) is 4.52 Å². The quantitative estimate of drug-likeness (QED) is 0.0607. The van der Waals surface area contributed by atoms with Crippen molar-refractivity contribution in [2.24, 2.45) is 0 Å². The molecule has 0 fully saturated rings. The molecule has 0 bridgehead atoms. The van der Waals surface area contributed by atoms with Crippen molar-refractivity contribution in [1.29, 1.82) is 0 Å². The normalized spacial score (nSPS) is 12.0. The maximum absolute atomic E-state index is 10.5. The summed E-state index contributed by atoms with van der Waals surface area (Å²) in [6.07, 6.45) is 14.8. The zero-order valence-electron chi connectivity index (χ0n) is 60.8. The van der Waals surface area contributed by atoms with Crippen LogP contribution in [0.3, 0.4) is 0 Å². The van der Waals surface area contributed by atoms with Gasteiger partial charge >= 0.3 is 7.82 Å². The standard InChI is InChI=1S/C67H137O31P/c1-2-3-4-5-6-7-8-9-10-11-12-13-71-14-15-72-16-17-73-18-19-74-20-21-75-22-23-76-24-25-77-26-27-78-28-29-79-30-31-80-32-33-81-34-35-82-36-37-83-38-39-84-40-41-85-42-43-86-44-45-87-46-47-88-48-49-89-50-51-90-52-53-91-54-55-92-56-57-93-58-59-94-60-61-95-62-63-96-64-65-97-66-67-98-99(68,69)70/h2-67H2,1H3,(H2,68,69,70). The summed E-state index contributed by atoms with van der Waals surface area (Å²) in [4.78, 5) is 17.1. The predicted octanol–water partition coefficient (Wildman–Crippen LogP) is 4.85. The molecule has 0 heterocycles. The Hall–Kier alpha value is -0.970. The SMILES string of the molecule is CCCCCCCCCCCCCOCCOCCOCCOCCOCCOCCOCCOCCOCCOCCOCCOCCOCCOCCOCCOCCOCCOCCOCCOCCOCCOCCOCCOCCOCCOCCOCCOP(=O)(O)O. The molecular formula is C67H137O31P.